The summed E-state index contributed by atoms with van der Waals surface area (Å²) in [4.78, 5) is 0. The van der Waals surface area contributed by atoms with Gasteiger partial charge in [-0.3, -0.25) is 5.32 Å². The molecule has 0 saturated heterocycles. The van der Waals surface area contributed by atoms with E-state index in [0.29, 0.717) is 24.6 Å². The SMILES string of the molecule is C.C.C.CC(C)c1ccc(F)cc1.CCc1cc(OCNC(C)C)no1.[Y]. The zero-order valence-corrected chi connectivity index (χ0v) is 18.0. The van der Waals surface area contributed by atoms with Crippen LogP contribution in [0.15, 0.2) is 34.9 Å². The van der Waals surface area contributed by atoms with Crippen molar-refractivity contribution in [3.8, 4) is 5.88 Å². The number of benzene rings is 1. The number of hydrogen-bond donors (Lipinski definition) is 1. The summed E-state index contributed by atoms with van der Waals surface area (Å²) >= 11 is 0. The summed E-state index contributed by atoms with van der Waals surface area (Å²) in [6, 6.07) is 8.85. The van der Waals surface area contributed by atoms with E-state index in [1.165, 1.54) is 17.7 Å². The van der Waals surface area contributed by atoms with Crippen LogP contribution in [0.5, 0.6) is 5.88 Å². The van der Waals surface area contributed by atoms with Crippen molar-refractivity contribution >= 4 is 0 Å². The third-order valence-corrected chi connectivity index (χ3v) is 3.13. The molecule has 0 unspecified atom stereocenters. The second-order valence-electron chi connectivity index (χ2n) is 5.84. The molecule has 0 fully saturated rings. The van der Waals surface area contributed by atoms with Gasteiger partial charge in [-0.05, 0) is 42.6 Å². The van der Waals surface area contributed by atoms with Gasteiger partial charge in [-0.25, -0.2) is 4.39 Å². The Kier molecular flexibility index (Phi) is 23.2. The predicted octanol–water partition coefficient (Wildman–Crippen LogP) is 6.43. The molecule has 1 aromatic carbocycles. The van der Waals surface area contributed by atoms with E-state index in [9.17, 15) is 4.39 Å². The maximum atomic E-state index is 12.4. The van der Waals surface area contributed by atoms with Crippen molar-refractivity contribution < 1.29 is 46.4 Å². The summed E-state index contributed by atoms with van der Waals surface area (Å²) in [5.74, 6) is 1.72. The zero-order chi connectivity index (χ0) is 17.2. The first kappa shape index (κ1) is 33.8. The largest absolute Gasteiger partial charge is 0.460 e. The van der Waals surface area contributed by atoms with Crippen molar-refractivity contribution in [2.75, 3.05) is 6.73 Å². The van der Waals surface area contributed by atoms with E-state index in [2.05, 4.69) is 38.2 Å². The first-order valence-electron chi connectivity index (χ1n) is 7.99. The first-order chi connectivity index (χ1) is 10.9. The van der Waals surface area contributed by atoms with Crippen molar-refractivity contribution in [1.29, 1.82) is 0 Å². The van der Waals surface area contributed by atoms with Gasteiger partial charge in [0.25, 0.3) is 5.88 Å². The van der Waals surface area contributed by atoms with Crippen LogP contribution < -0.4 is 10.1 Å². The monoisotopic (exact) mass is 459 g/mol. The summed E-state index contributed by atoms with van der Waals surface area (Å²) in [6.07, 6.45) is 0.841. The molecule has 2 rings (SSSR count). The van der Waals surface area contributed by atoms with Gasteiger partial charge < -0.3 is 9.26 Å². The number of rotatable bonds is 6. The minimum Gasteiger partial charge on any atom is -0.460 e. The first-order valence-corrected chi connectivity index (χ1v) is 7.99. The van der Waals surface area contributed by atoms with Crippen molar-refractivity contribution in [2.24, 2.45) is 0 Å². The fraction of sp³-hybridized carbons (Fsp3) is 0.571. The van der Waals surface area contributed by atoms with Crippen LogP contribution in [0.2, 0.25) is 0 Å². The third kappa shape index (κ3) is 14.9. The predicted molar refractivity (Wildman–Crippen MR) is 110 cm³/mol. The molecule has 2 aromatic rings. The Bertz CT molecular complexity index is 558. The Balaban J connectivity index is -0.000000174. The average molecular weight is 459 g/mol. The molecule has 4 nitrogen and oxygen atoms in total. The van der Waals surface area contributed by atoms with E-state index in [0.717, 1.165) is 12.2 Å². The molecule has 0 spiro atoms. The van der Waals surface area contributed by atoms with Gasteiger partial charge in [0.1, 0.15) is 18.3 Å². The number of aryl methyl sites for hydroxylation is 1. The molecule has 0 aliphatic heterocycles. The molecule has 1 aromatic heterocycles. The molecule has 1 heterocycles. The average Bonchev–Trinajstić information content (AvgIpc) is 2.96. The van der Waals surface area contributed by atoms with Gasteiger partial charge in [0, 0.05) is 51.2 Å². The van der Waals surface area contributed by atoms with Gasteiger partial charge >= 0.3 is 0 Å². The summed E-state index contributed by atoms with van der Waals surface area (Å²) in [6.45, 7) is 10.8. The van der Waals surface area contributed by atoms with Crippen LogP contribution in [-0.2, 0) is 39.1 Å². The number of nitrogens with one attached hydrogen (secondary N) is 1. The standard InChI is InChI=1S/C9H11F.C9H16N2O2.3CH4.Y/c1-7(2)8-3-5-9(10)6-4-8;1-4-8-5-9(11-13-8)12-6-10-7(2)3;;;;/h3-7H,1-2H3;5,7,10H,4,6H2,1-3H3;3*1H4;. The Morgan fingerprint density at radius 1 is 1.07 bits per heavy atom. The Morgan fingerprint density at radius 2 is 1.63 bits per heavy atom. The van der Waals surface area contributed by atoms with Crippen LogP contribution in [0.4, 0.5) is 4.39 Å². The van der Waals surface area contributed by atoms with Crippen LogP contribution >= 0.6 is 0 Å². The molecule has 0 amide bonds. The molecule has 0 bridgehead atoms. The van der Waals surface area contributed by atoms with E-state index >= 15 is 0 Å². The Hall–Kier alpha value is -0.776. The number of hydrogen-bond acceptors (Lipinski definition) is 4. The second-order valence-corrected chi connectivity index (χ2v) is 5.84. The molecular formula is C21H39FN2O2Y. The van der Waals surface area contributed by atoms with Crippen LogP contribution in [0.3, 0.4) is 0 Å². The van der Waals surface area contributed by atoms with Gasteiger partial charge in [-0.1, -0.05) is 55.2 Å². The fourth-order valence-electron chi connectivity index (χ4n) is 1.66. The van der Waals surface area contributed by atoms with Gasteiger partial charge in [0.05, 0.1) is 0 Å². The van der Waals surface area contributed by atoms with Crippen molar-refractivity contribution in [1.82, 2.24) is 10.5 Å². The number of aromatic nitrogens is 1. The minimum atomic E-state index is -0.163. The zero-order valence-electron chi connectivity index (χ0n) is 15.2. The molecule has 0 aliphatic carbocycles. The van der Waals surface area contributed by atoms with E-state index in [-0.39, 0.29) is 60.8 Å². The summed E-state index contributed by atoms with van der Waals surface area (Å²) < 4.78 is 22.6. The Morgan fingerprint density at radius 3 is 2.04 bits per heavy atom. The molecular weight excluding hydrogens is 420 g/mol. The number of ether oxygens (including phenoxy) is 1. The van der Waals surface area contributed by atoms with Gasteiger partial charge in [0.2, 0.25) is 0 Å². The van der Waals surface area contributed by atoms with E-state index in [4.69, 9.17) is 9.26 Å². The summed E-state index contributed by atoms with van der Waals surface area (Å²) in [5.41, 5.74) is 1.18. The molecule has 1 radical (unpaired) electrons. The van der Waals surface area contributed by atoms with Crippen molar-refractivity contribution in [3.05, 3.63) is 47.5 Å². The minimum absolute atomic E-state index is 0. The summed E-state index contributed by atoms with van der Waals surface area (Å²) in [5, 5.41) is 6.86. The van der Waals surface area contributed by atoms with Crippen LogP contribution in [0.1, 0.15) is 74.1 Å². The molecule has 155 valence electrons. The van der Waals surface area contributed by atoms with Gasteiger partial charge in [0.15, 0.2) is 0 Å². The molecule has 0 atom stereocenters. The molecule has 6 heteroatoms. The third-order valence-electron chi connectivity index (χ3n) is 3.13. The molecule has 0 saturated carbocycles. The van der Waals surface area contributed by atoms with Crippen LogP contribution in [0, 0.1) is 5.82 Å². The number of halogens is 1. The van der Waals surface area contributed by atoms with Crippen molar-refractivity contribution in [2.45, 2.75) is 75.3 Å². The van der Waals surface area contributed by atoms with E-state index < -0.39 is 0 Å². The number of nitrogens with zero attached hydrogens (tertiary/aromatic N) is 1. The smallest absolute Gasteiger partial charge is 0.255 e. The van der Waals surface area contributed by atoms with Crippen LogP contribution in [-0.4, -0.2) is 17.9 Å². The fourth-order valence-corrected chi connectivity index (χ4v) is 1.66. The normalized spacial score (nSPS) is 9.04. The second kappa shape index (κ2) is 18.6. The molecule has 1 N–H and O–H groups in total. The topological polar surface area (TPSA) is 47.3 Å². The maximum Gasteiger partial charge on any atom is 0.255 e. The van der Waals surface area contributed by atoms with Crippen LogP contribution in [0.25, 0.3) is 0 Å². The van der Waals surface area contributed by atoms with Crippen molar-refractivity contribution in [3.63, 3.8) is 0 Å². The Labute approximate surface area is 191 Å². The van der Waals surface area contributed by atoms with E-state index in [1.54, 1.807) is 0 Å². The van der Waals surface area contributed by atoms with Gasteiger partial charge in [-0.2, -0.15) is 0 Å². The molecule has 27 heavy (non-hydrogen) atoms. The molecule has 0 aliphatic rings. The van der Waals surface area contributed by atoms with E-state index in [1.807, 2.05) is 25.1 Å². The quantitative estimate of drug-likeness (QED) is 0.506. The maximum absolute atomic E-state index is 12.4. The summed E-state index contributed by atoms with van der Waals surface area (Å²) in [7, 11) is 0. The van der Waals surface area contributed by atoms with Gasteiger partial charge in [-0.15, -0.1) is 0 Å².